The molecule has 2 rings (SSSR count). The molecule has 0 aromatic heterocycles. The van der Waals surface area contributed by atoms with E-state index in [1.54, 1.807) is 6.07 Å². The van der Waals surface area contributed by atoms with E-state index in [9.17, 15) is 4.39 Å². The number of rotatable bonds is 4. The molecule has 0 amide bonds. The summed E-state index contributed by atoms with van der Waals surface area (Å²) in [5.41, 5.74) is 0.788. The number of benzene rings is 1. The Morgan fingerprint density at radius 3 is 2.94 bits per heavy atom. The van der Waals surface area contributed by atoms with E-state index in [1.165, 1.54) is 12.8 Å². The highest BCUT2D eigenvalue weighted by molar-refractivity contribution is 9.10. The van der Waals surface area contributed by atoms with Gasteiger partial charge in [-0.15, -0.1) is 12.4 Å². The van der Waals surface area contributed by atoms with Crippen LogP contribution in [0.25, 0.3) is 0 Å². The number of nitrogens with zero attached hydrogens (tertiary/aromatic N) is 1. The Labute approximate surface area is 122 Å². The minimum Gasteiger partial charge on any atom is -0.318 e. The molecule has 0 radical (unpaired) electrons. The fraction of sp³-hybridized carbons (Fsp3) is 0.538. The van der Waals surface area contributed by atoms with Crippen LogP contribution in [0.3, 0.4) is 0 Å². The summed E-state index contributed by atoms with van der Waals surface area (Å²) < 4.78 is 14.5. The van der Waals surface area contributed by atoms with Gasteiger partial charge in [-0.25, -0.2) is 4.39 Å². The summed E-state index contributed by atoms with van der Waals surface area (Å²) in [5, 5.41) is 3.21. The Bertz CT molecular complexity index is 389. The van der Waals surface area contributed by atoms with Crippen LogP contribution in [0.5, 0.6) is 0 Å². The van der Waals surface area contributed by atoms with Crippen LogP contribution in [0.2, 0.25) is 0 Å². The standard InChI is InChI=1S/C13H18BrFN2.ClH/c1-16-8-12-3-2-6-17(12)9-10-4-5-11(14)7-13(10)15;/h4-5,7,12,16H,2-3,6,8-9H2,1H3;1H. The largest absolute Gasteiger partial charge is 0.318 e. The van der Waals surface area contributed by atoms with Crippen LogP contribution in [-0.2, 0) is 6.54 Å². The van der Waals surface area contributed by atoms with E-state index in [2.05, 4.69) is 26.1 Å². The van der Waals surface area contributed by atoms with Crippen molar-refractivity contribution in [3.8, 4) is 0 Å². The average Bonchev–Trinajstić information content (AvgIpc) is 2.71. The SMILES string of the molecule is CNCC1CCCN1Cc1ccc(Br)cc1F.Cl. The summed E-state index contributed by atoms with van der Waals surface area (Å²) in [6.45, 7) is 2.77. The van der Waals surface area contributed by atoms with E-state index in [0.717, 1.165) is 23.1 Å². The first-order valence-corrected chi connectivity index (χ1v) is 6.82. The maximum absolute atomic E-state index is 13.7. The van der Waals surface area contributed by atoms with Crippen LogP contribution in [0, 0.1) is 5.82 Å². The zero-order valence-electron chi connectivity index (χ0n) is 10.5. The zero-order valence-corrected chi connectivity index (χ0v) is 12.9. The Hall–Kier alpha value is -0.160. The van der Waals surface area contributed by atoms with E-state index < -0.39 is 0 Å². The normalized spacial score (nSPS) is 19.8. The third kappa shape index (κ3) is 3.92. The Morgan fingerprint density at radius 1 is 1.50 bits per heavy atom. The van der Waals surface area contributed by atoms with Crippen LogP contribution in [0.1, 0.15) is 18.4 Å². The third-order valence-corrected chi connectivity index (χ3v) is 3.82. The highest BCUT2D eigenvalue weighted by atomic mass is 79.9. The van der Waals surface area contributed by atoms with E-state index in [4.69, 9.17) is 0 Å². The van der Waals surface area contributed by atoms with Gasteiger partial charge in [0, 0.05) is 29.2 Å². The van der Waals surface area contributed by atoms with Crippen LogP contribution < -0.4 is 5.32 Å². The molecule has 1 aromatic rings. The summed E-state index contributed by atoms with van der Waals surface area (Å²) in [4.78, 5) is 2.36. The minimum absolute atomic E-state index is 0. The topological polar surface area (TPSA) is 15.3 Å². The fourth-order valence-corrected chi connectivity index (χ4v) is 2.77. The van der Waals surface area contributed by atoms with Gasteiger partial charge in [-0.2, -0.15) is 0 Å². The molecule has 1 heterocycles. The Kier molecular flexibility index (Phi) is 6.57. The summed E-state index contributed by atoms with van der Waals surface area (Å²) >= 11 is 3.28. The molecule has 1 aliphatic rings. The number of hydrogen-bond acceptors (Lipinski definition) is 2. The molecule has 0 spiro atoms. The molecule has 1 atom stereocenters. The van der Waals surface area contributed by atoms with E-state index in [1.807, 2.05) is 19.2 Å². The highest BCUT2D eigenvalue weighted by Crippen LogP contribution is 2.22. The van der Waals surface area contributed by atoms with Crippen molar-refractivity contribution in [1.29, 1.82) is 0 Å². The van der Waals surface area contributed by atoms with Gasteiger partial charge in [0.2, 0.25) is 0 Å². The summed E-state index contributed by atoms with van der Waals surface area (Å²) in [6, 6.07) is 5.86. The lowest BCUT2D eigenvalue weighted by Crippen LogP contribution is -2.36. The number of hydrogen-bond donors (Lipinski definition) is 1. The van der Waals surface area contributed by atoms with Gasteiger partial charge >= 0.3 is 0 Å². The van der Waals surface area contributed by atoms with Gasteiger partial charge in [0.1, 0.15) is 5.82 Å². The molecule has 0 bridgehead atoms. The summed E-state index contributed by atoms with van der Waals surface area (Å²) in [5.74, 6) is -0.116. The lowest BCUT2D eigenvalue weighted by Gasteiger charge is -2.24. The second kappa shape index (κ2) is 7.43. The van der Waals surface area contributed by atoms with E-state index in [-0.39, 0.29) is 18.2 Å². The van der Waals surface area contributed by atoms with Crippen LogP contribution in [0.15, 0.2) is 22.7 Å². The Morgan fingerprint density at radius 2 is 2.28 bits per heavy atom. The van der Waals surface area contributed by atoms with Crippen LogP contribution in [0.4, 0.5) is 4.39 Å². The van der Waals surface area contributed by atoms with Gasteiger partial charge < -0.3 is 5.32 Å². The first-order chi connectivity index (χ1) is 8.20. The molecular weight excluding hydrogens is 319 g/mol. The molecule has 0 saturated carbocycles. The molecule has 1 fully saturated rings. The number of nitrogens with one attached hydrogen (secondary N) is 1. The van der Waals surface area contributed by atoms with E-state index >= 15 is 0 Å². The van der Waals surface area contributed by atoms with Gasteiger partial charge in [0.25, 0.3) is 0 Å². The van der Waals surface area contributed by atoms with Crippen molar-refractivity contribution in [2.24, 2.45) is 0 Å². The predicted octanol–water partition coefficient (Wildman–Crippen LogP) is 3.19. The van der Waals surface area contributed by atoms with Crippen molar-refractivity contribution in [1.82, 2.24) is 10.2 Å². The highest BCUT2D eigenvalue weighted by Gasteiger charge is 2.24. The smallest absolute Gasteiger partial charge is 0.128 e. The molecule has 1 saturated heterocycles. The molecule has 18 heavy (non-hydrogen) atoms. The number of halogens is 3. The lowest BCUT2D eigenvalue weighted by molar-refractivity contribution is 0.239. The summed E-state index contributed by atoms with van der Waals surface area (Å²) in [7, 11) is 1.97. The third-order valence-electron chi connectivity index (χ3n) is 3.33. The van der Waals surface area contributed by atoms with Gasteiger partial charge in [0.05, 0.1) is 0 Å². The van der Waals surface area contributed by atoms with Crippen LogP contribution in [-0.4, -0.2) is 31.1 Å². The predicted molar refractivity (Wildman–Crippen MR) is 78.7 cm³/mol. The average molecular weight is 338 g/mol. The first-order valence-electron chi connectivity index (χ1n) is 6.03. The molecule has 2 nitrogen and oxygen atoms in total. The molecule has 5 heteroatoms. The minimum atomic E-state index is -0.116. The molecule has 1 unspecified atom stereocenters. The van der Waals surface area contributed by atoms with Gasteiger partial charge in [-0.1, -0.05) is 22.0 Å². The van der Waals surface area contributed by atoms with Gasteiger partial charge in [-0.05, 0) is 38.6 Å². The Balaban J connectivity index is 0.00000162. The molecule has 102 valence electrons. The van der Waals surface area contributed by atoms with E-state index in [0.29, 0.717) is 12.6 Å². The molecule has 0 aliphatic carbocycles. The second-order valence-electron chi connectivity index (χ2n) is 4.56. The van der Waals surface area contributed by atoms with Gasteiger partial charge in [0.15, 0.2) is 0 Å². The van der Waals surface area contributed by atoms with Crippen molar-refractivity contribution >= 4 is 28.3 Å². The summed E-state index contributed by atoms with van der Waals surface area (Å²) in [6.07, 6.45) is 2.42. The number of likely N-dealkylation sites (tertiary alicyclic amines) is 1. The first kappa shape index (κ1) is 15.9. The monoisotopic (exact) mass is 336 g/mol. The maximum atomic E-state index is 13.7. The van der Waals surface area contributed by atoms with Crippen molar-refractivity contribution < 1.29 is 4.39 Å². The van der Waals surface area contributed by atoms with Gasteiger partial charge in [-0.3, -0.25) is 4.90 Å². The lowest BCUT2D eigenvalue weighted by atomic mass is 10.1. The van der Waals surface area contributed by atoms with Crippen molar-refractivity contribution in [3.63, 3.8) is 0 Å². The quantitative estimate of drug-likeness (QED) is 0.908. The molecule has 1 aliphatic heterocycles. The molecular formula is C13H19BrClFN2. The van der Waals surface area contributed by atoms with Crippen LogP contribution >= 0.6 is 28.3 Å². The van der Waals surface area contributed by atoms with Crippen molar-refractivity contribution in [2.45, 2.75) is 25.4 Å². The van der Waals surface area contributed by atoms with Crippen molar-refractivity contribution in [2.75, 3.05) is 20.1 Å². The fourth-order valence-electron chi connectivity index (χ4n) is 2.44. The second-order valence-corrected chi connectivity index (χ2v) is 5.48. The zero-order chi connectivity index (χ0) is 12.3. The maximum Gasteiger partial charge on any atom is 0.128 e. The number of likely N-dealkylation sites (N-methyl/N-ethyl adjacent to an activating group) is 1. The molecule has 1 N–H and O–H groups in total. The van der Waals surface area contributed by atoms with Crippen molar-refractivity contribution in [3.05, 3.63) is 34.1 Å². The molecule has 1 aromatic carbocycles.